The maximum Gasteiger partial charge on any atom is 0.119 e. The van der Waals surface area contributed by atoms with E-state index in [1.807, 2.05) is 24.3 Å². The number of hydrogen-bond acceptors (Lipinski definition) is 3. The maximum absolute atomic E-state index is 5.72. The summed E-state index contributed by atoms with van der Waals surface area (Å²) in [5.41, 5.74) is 7.85. The van der Waals surface area contributed by atoms with Gasteiger partial charge < -0.3 is 10.5 Å². The van der Waals surface area contributed by atoms with Crippen LogP contribution in [-0.2, 0) is 13.2 Å². The monoisotopic (exact) mass is 259 g/mol. The smallest absolute Gasteiger partial charge is 0.119 e. The molecule has 0 saturated carbocycles. The van der Waals surface area contributed by atoms with Gasteiger partial charge >= 0.3 is 0 Å². The maximum atomic E-state index is 5.72. The molecule has 18 heavy (non-hydrogen) atoms. The number of thioether (sulfide) groups is 1. The molecule has 0 saturated heterocycles. The van der Waals surface area contributed by atoms with Crippen LogP contribution >= 0.6 is 11.8 Å². The molecule has 0 spiro atoms. The van der Waals surface area contributed by atoms with Crippen molar-refractivity contribution in [2.45, 2.75) is 18.0 Å². The molecule has 0 atom stereocenters. The fourth-order valence-electron chi connectivity index (χ4n) is 1.61. The van der Waals surface area contributed by atoms with Gasteiger partial charge in [0.25, 0.3) is 0 Å². The van der Waals surface area contributed by atoms with Crippen molar-refractivity contribution < 1.29 is 4.74 Å². The summed E-state index contributed by atoms with van der Waals surface area (Å²) in [5.74, 6) is 0.899. The Balaban J connectivity index is 1.93. The Morgan fingerprint density at radius 1 is 0.944 bits per heavy atom. The first kappa shape index (κ1) is 13.0. The van der Waals surface area contributed by atoms with Crippen LogP contribution in [0.15, 0.2) is 53.4 Å². The summed E-state index contributed by atoms with van der Waals surface area (Å²) < 4.78 is 5.72. The van der Waals surface area contributed by atoms with Gasteiger partial charge in [-0.1, -0.05) is 24.3 Å². The third-order valence-electron chi connectivity index (χ3n) is 2.72. The molecule has 0 aromatic heterocycles. The van der Waals surface area contributed by atoms with Gasteiger partial charge in [-0.2, -0.15) is 0 Å². The second kappa shape index (κ2) is 6.47. The summed E-state index contributed by atoms with van der Waals surface area (Å²) in [5, 5.41) is 0. The Morgan fingerprint density at radius 3 is 2.11 bits per heavy atom. The van der Waals surface area contributed by atoms with Crippen LogP contribution in [0.1, 0.15) is 11.1 Å². The van der Waals surface area contributed by atoms with Gasteiger partial charge in [0.2, 0.25) is 0 Å². The molecule has 0 bridgehead atoms. The molecular formula is C15H17NOS. The zero-order valence-electron chi connectivity index (χ0n) is 10.4. The molecule has 2 aromatic carbocycles. The van der Waals surface area contributed by atoms with Crippen molar-refractivity contribution in [3.05, 3.63) is 59.7 Å². The minimum Gasteiger partial charge on any atom is -0.489 e. The van der Waals surface area contributed by atoms with E-state index in [9.17, 15) is 0 Å². The Hall–Kier alpha value is -1.45. The summed E-state index contributed by atoms with van der Waals surface area (Å²) in [6.45, 7) is 1.17. The lowest BCUT2D eigenvalue weighted by Crippen LogP contribution is -1.98. The molecule has 2 N–H and O–H groups in total. The molecule has 0 aliphatic heterocycles. The van der Waals surface area contributed by atoms with Crippen molar-refractivity contribution in [2.24, 2.45) is 5.73 Å². The molecule has 3 heteroatoms. The predicted octanol–water partition coefficient (Wildman–Crippen LogP) is 3.45. The van der Waals surface area contributed by atoms with Gasteiger partial charge in [-0.3, -0.25) is 0 Å². The van der Waals surface area contributed by atoms with Gasteiger partial charge in [-0.25, -0.2) is 0 Å². The van der Waals surface area contributed by atoms with E-state index in [4.69, 9.17) is 10.5 Å². The van der Waals surface area contributed by atoms with E-state index in [1.54, 1.807) is 11.8 Å². The minimum absolute atomic E-state index is 0.581. The van der Waals surface area contributed by atoms with E-state index in [0.717, 1.165) is 16.9 Å². The van der Waals surface area contributed by atoms with Crippen LogP contribution in [0.25, 0.3) is 0 Å². The lowest BCUT2D eigenvalue weighted by molar-refractivity contribution is 0.306. The van der Waals surface area contributed by atoms with E-state index >= 15 is 0 Å². The van der Waals surface area contributed by atoms with Crippen LogP contribution in [0.5, 0.6) is 5.75 Å². The van der Waals surface area contributed by atoms with Crippen LogP contribution in [-0.4, -0.2) is 6.26 Å². The zero-order valence-corrected chi connectivity index (χ0v) is 11.2. The standard InChI is InChI=1S/C15H17NOS/c1-18-15-8-6-14(7-9-15)17-11-13-4-2-12(10-16)3-5-13/h2-9H,10-11,16H2,1H3. The summed E-state index contributed by atoms with van der Waals surface area (Å²) in [4.78, 5) is 1.25. The van der Waals surface area contributed by atoms with Gasteiger partial charge in [-0.05, 0) is 41.6 Å². The highest BCUT2D eigenvalue weighted by molar-refractivity contribution is 7.98. The second-order valence-corrected chi connectivity index (χ2v) is 4.86. The van der Waals surface area contributed by atoms with Crippen LogP contribution in [0.2, 0.25) is 0 Å². The zero-order chi connectivity index (χ0) is 12.8. The molecular weight excluding hydrogens is 242 g/mol. The topological polar surface area (TPSA) is 35.2 Å². The highest BCUT2D eigenvalue weighted by Crippen LogP contribution is 2.19. The molecule has 0 fully saturated rings. The van der Waals surface area contributed by atoms with Crippen molar-refractivity contribution in [1.29, 1.82) is 0 Å². The quantitative estimate of drug-likeness (QED) is 0.835. The lowest BCUT2D eigenvalue weighted by Gasteiger charge is -2.07. The molecule has 0 unspecified atom stereocenters. The van der Waals surface area contributed by atoms with Crippen molar-refractivity contribution in [1.82, 2.24) is 0 Å². The van der Waals surface area contributed by atoms with Crippen LogP contribution in [0.4, 0.5) is 0 Å². The Kier molecular flexibility index (Phi) is 4.67. The number of hydrogen-bond donors (Lipinski definition) is 1. The third kappa shape index (κ3) is 3.52. The molecule has 0 aliphatic carbocycles. The van der Waals surface area contributed by atoms with Gasteiger partial charge in [0.05, 0.1) is 0 Å². The minimum atomic E-state index is 0.581. The molecule has 0 radical (unpaired) electrons. The SMILES string of the molecule is CSc1ccc(OCc2ccc(CN)cc2)cc1. The number of rotatable bonds is 5. The van der Waals surface area contributed by atoms with Gasteiger partial charge in [0.1, 0.15) is 12.4 Å². The number of benzene rings is 2. The fraction of sp³-hybridized carbons (Fsp3) is 0.200. The Morgan fingerprint density at radius 2 is 1.56 bits per heavy atom. The Bertz CT molecular complexity index is 431. The molecule has 0 heterocycles. The normalized spacial score (nSPS) is 10.3. The fourth-order valence-corrected chi connectivity index (χ4v) is 2.02. The third-order valence-corrected chi connectivity index (χ3v) is 3.47. The largest absolute Gasteiger partial charge is 0.489 e. The molecule has 2 rings (SSSR count). The Labute approximate surface area is 112 Å². The van der Waals surface area contributed by atoms with Gasteiger partial charge in [0.15, 0.2) is 0 Å². The van der Waals surface area contributed by atoms with E-state index in [-0.39, 0.29) is 0 Å². The first-order valence-electron chi connectivity index (χ1n) is 5.86. The molecule has 94 valence electrons. The first-order valence-corrected chi connectivity index (χ1v) is 7.09. The summed E-state index contributed by atoms with van der Waals surface area (Å²) in [6.07, 6.45) is 2.06. The van der Waals surface area contributed by atoms with Crippen molar-refractivity contribution in [3.8, 4) is 5.75 Å². The molecule has 2 nitrogen and oxygen atoms in total. The van der Waals surface area contributed by atoms with E-state index in [1.165, 1.54) is 4.90 Å². The predicted molar refractivity (Wildman–Crippen MR) is 76.9 cm³/mol. The average molecular weight is 259 g/mol. The van der Waals surface area contributed by atoms with Gasteiger partial charge in [-0.15, -0.1) is 11.8 Å². The summed E-state index contributed by atoms with van der Waals surface area (Å²) >= 11 is 1.73. The first-order chi connectivity index (χ1) is 8.81. The number of ether oxygens (including phenoxy) is 1. The van der Waals surface area contributed by atoms with Gasteiger partial charge in [0, 0.05) is 11.4 Å². The van der Waals surface area contributed by atoms with Crippen molar-refractivity contribution >= 4 is 11.8 Å². The van der Waals surface area contributed by atoms with E-state index < -0.39 is 0 Å². The van der Waals surface area contributed by atoms with Crippen LogP contribution in [0, 0.1) is 0 Å². The summed E-state index contributed by atoms with van der Waals surface area (Å²) in [6, 6.07) is 16.3. The van der Waals surface area contributed by atoms with E-state index in [2.05, 4.69) is 30.5 Å². The average Bonchev–Trinajstić information content (AvgIpc) is 2.46. The summed E-state index contributed by atoms with van der Waals surface area (Å²) in [7, 11) is 0. The lowest BCUT2D eigenvalue weighted by atomic mass is 10.1. The molecule has 0 amide bonds. The van der Waals surface area contributed by atoms with Crippen molar-refractivity contribution in [2.75, 3.05) is 6.26 Å². The molecule has 0 aliphatic rings. The van der Waals surface area contributed by atoms with Crippen LogP contribution in [0.3, 0.4) is 0 Å². The van der Waals surface area contributed by atoms with Crippen LogP contribution < -0.4 is 10.5 Å². The highest BCUT2D eigenvalue weighted by atomic mass is 32.2. The molecule has 2 aromatic rings. The number of nitrogens with two attached hydrogens (primary N) is 1. The van der Waals surface area contributed by atoms with Crippen molar-refractivity contribution in [3.63, 3.8) is 0 Å². The highest BCUT2D eigenvalue weighted by Gasteiger charge is 1.97. The van der Waals surface area contributed by atoms with E-state index in [0.29, 0.717) is 13.2 Å². The second-order valence-electron chi connectivity index (χ2n) is 3.98.